The quantitative estimate of drug-likeness (QED) is 0.443. The lowest BCUT2D eigenvalue weighted by atomic mass is 10.1. The summed E-state index contributed by atoms with van der Waals surface area (Å²) in [5, 5.41) is 0.631. The Morgan fingerprint density at radius 1 is 1.12 bits per heavy atom. The van der Waals surface area contributed by atoms with Crippen molar-refractivity contribution in [2.75, 3.05) is 26.2 Å². The largest absolute Gasteiger partial charge is 0.491 e. The molecule has 1 fully saturated rings. The lowest BCUT2D eigenvalue weighted by Crippen LogP contribution is -2.39. The highest BCUT2D eigenvalue weighted by Gasteiger charge is 2.42. The van der Waals surface area contributed by atoms with E-state index in [0.717, 1.165) is 11.1 Å². The smallest absolute Gasteiger partial charge is 0.489 e. The predicted molar refractivity (Wildman–Crippen MR) is 109 cm³/mol. The monoisotopic (exact) mass is 471 g/mol. The zero-order valence-electron chi connectivity index (χ0n) is 16.9. The third kappa shape index (κ3) is 6.94. The summed E-state index contributed by atoms with van der Waals surface area (Å²) in [6.07, 6.45) is -5.79. The van der Waals surface area contributed by atoms with Gasteiger partial charge in [0, 0.05) is 30.2 Å². The zero-order chi connectivity index (χ0) is 23.1. The van der Waals surface area contributed by atoms with Crippen LogP contribution >= 0.6 is 11.6 Å². The molecule has 0 N–H and O–H groups in total. The van der Waals surface area contributed by atoms with Gasteiger partial charge in [-0.25, -0.2) is 4.79 Å². The van der Waals surface area contributed by atoms with Gasteiger partial charge >= 0.3 is 18.1 Å². The molecule has 0 radical (unpaired) electrons. The van der Waals surface area contributed by atoms with Crippen LogP contribution in [0.25, 0.3) is 0 Å². The Bertz CT molecular complexity index is 936. The Kier molecular flexibility index (Phi) is 8.11. The van der Waals surface area contributed by atoms with Crippen LogP contribution in [0, 0.1) is 0 Å². The van der Waals surface area contributed by atoms with Crippen molar-refractivity contribution in [3.63, 3.8) is 0 Å². The second-order valence-corrected chi connectivity index (χ2v) is 7.53. The maximum atomic E-state index is 12.2. The standard InChI is InChI=1S/C22H21ClF3NO5/c23-18-4-2-1-3-16(18)14-31-17-7-5-15(6-8-17)19-13-27(11-12-30-19)10-9-20(28)32-21(29)22(24,25)26/h1-8,19H,9-14H2. The molecule has 0 aliphatic carbocycles. The van der Waals surface area contributed by atoms with E-state index in [2.05, 4.69) is 4.74 Å². The van der Waals surface area contributed by atoms with Gasteiger partial charge in [0.2, 0.25) is 0 Å². The van der Waals surface area contributed by atoms with Crippen LogP contribution in [0.4, 0.5) is 13.2 Å². The van der Waals surface area contributed by atoms with Gasteiger partial charge in [0.05, 0.1) is 19.1 Å². The molecule has 2 aromatic carbocycles. The number of rotatable bonds is 7. The number of morpholine rings is 1. The second kappa shape index (κ2) is 10.8. The van der Waals surface area contributed by atoms with Gasteiger partial charge in [-0.05, 0) is 23.8 Å². The van der Waals surface area contributed by atoms with E-state index in [1.807, 2.05) is 47.4 Å². The minimum absolute atomic E-state index is 0.156. The molecule has 0 spiro atoms. The summed E-state index contributed by atoms with van der Waals surface area (Å²) in [5.41, 5.74) is 1.77. The number of alkyl halides is 3. The van der Waals surface area contributed by atoms with Crippen LogP contribution in [0.3, 0.4) is 0 Å². The van der Waals surface area contributed by atoms with Crippen LogP contribution in [-0.2, 0) is 25.7 Å². The topological polar surface area (TPSA) is 65.1 Å². The Morgan fingerprint density at radius 2 is 1.84 bits per heavy atom. The zero-order valence-corrected chi connectivity index (χ0v) is 17.7. The van der Waals surface area contributed by atoms with Crippen LogP contribution in [-0.4, -0.2) is 49.3 Å². The fourth-order valence-corrected chi connectivity index (χ4v) is 3.31. The fourth-order valence-electron chi connectivity index (χ4n) is 3.12. The van der Waals surface area contributed by atoms with E-state index >= 15 is 0 Å². The summed E-state index contributed by atoms with van der Waals surface area (Å²) < 4.78 is 51.8. The summed E-state index contributed by atoms with van der Waals surface area (Å²) in [5.74, 6) is -3.05. The van der Waals surface area contributed by atoms with E-state index in [1.165, 1.54) is 0 Å². The van der Waals surface area contributed by atoms with Crippen LogP contribution in [0.15, 0.2) is 48.5 Å². The molecule has 0 aromatic heterocycles. The van der Waals surface area contributed by atoms with Crippen molar-refractivity contribution < 1.29 is 37.0 Å². The maximum absolute atomic E-state index is 12.2. The minimum atomic E-state index is -5.19. The average Bonchev–Trinajstić information content (AvgIpc) is 2.77. The Hall–Kier alpha value is -2.62. The molecule has 0 amide bonds. The van der Waals surface area contributed by atoms with Crippen molar-refractivity contribution in [2.45, 2.75) is 25.3 Å². The van der Waals surface area contributed by atoms with Crippen molar-refractivity contribution >= 4 is 23.5 Å². The van der Waals surface area contributed by atoms with Crippen LogP contribution < -0.4 is 4.74 Å². The Morgan fingerprint density at radius 3 is 2.53 bits per heavy atom. The molecule has 1 atom stereocenters. The van der Waals surface area contributed by atoms with Gasteiger partial charge in [-0.15, -0.1) is 0 Å². The lowest BCUT2D eigenvalue weighted by Gasteiger charge is -2.33. The van der Waals surface area contributed by atoms with Crippen molar-refractivity contribution in [1.29, 1.82) is 0 Å². The summed E-state index contributed by atoms with van der Waals surface area (Å²) >= 11 is 6.12. The molecule has 0 bridgehead atoms. The van der Waals surface area contributed by atoms with Crippen LogP contribution in [0.1, 0.15) is 23.7 Å². The van der Waals surface area contributed by atoms with E-state index < -0.39 is 18.1 Å². The molecule has 6 nitrogen and oxygen atoms in total. The normalized spacial score (nSPS) is 17.1. The van der Waals surface area contributed by atoms with Gasteiger partial charge in [0.25, 0.3) is 0 Å². The molecule has 1 unspecified atom stereocenters. The first kappa shape index (κ1) is 24.0. The van der Waals surface area contributed by atoms with Gasteiger partial charge in [-0.1, -0.05) is 41.9 Å². The summed E-state index contributed by atoms with van der Waals surface area (Å²) in [6, 6.07) is 14.8. The van der Waals surface area contributed by atoms with E-state index in [4.69, 9.17) is 21.1 Å². The first-order valence-electron chi connectivity index (χ1n) is 9.84. The molecule has 32 heavy (non-hydrogen) atoms. The molecule has 10 heteroatoms. The first-order chi connectivity index (χ1) is 15.2. The summed E-state index contributed by atoms with van der Waals surface area (Å²) in [6.45, 7) is 1.84. The summed E-state index contributed by atoms with van der Waals surface area (Å²) in [4.78, 5) is 24.1. The number of carbonyl (C=O) groups is 2. The molecule has 3 rings (SSSR count). The molecule has 1 heterocycles. The number of carbonyl (C=O) groups excluding carboxylic acids is 2. The minimum Gasteiger partial charge on any atom is -0.489 e. The molecular weight excluding hydrogens is 451 g/mol. The highest BCUT2D eigenvalue weighted by atomic mass is 35.5. The van der Waals surface area contributed by atoms with Crippen molar-refractivity contribution in [2.24, 2.45) is 0 Å². The van der Waals surface area contributed by atoms with Gasteiger partial charge < -0.3 is 14.2 Å². The summed E-state index contributed by atoms with van der Waals surface area (Å²) in [7, 11) is 0. The van der Waals surface area contributed by atoms with Crippen LogP contribution in [0.2, 0.25) is 5.02 Å². The van der Waals surface area contributed by atoms with E-state index in [0.29, 0.717) is 37.1 Å². The number of nitrogens with zero attached hydrogens (tertiary/aromatic N) is 1. The molecule has 1 aliphatic rings. The van der Waals surface area contributed by atoms with Crippen molar-refractivity contribution in [1.82, 2.24) is 4.90 Å². The third-order valence-corrected chi connectivity index (χ3v) is 5.19. The van der Waals surface area contributed by atoms with E-state index in [1.54, 1.807) is 6.07 Å². The highest BCUT2D eigenvalue weighted by molar-refractivity contribution is 6.31. The third-order valence-electron chi connectivity index (χ3n) is 4.82. The number of ether oxygens (including phenoxy) is 3. The Balaban J connectivity index is 1.48. The first-order valence-corrected chi connectivity index (χ1v) is 10.2. The molecule has 0 saturated carbocycles. The number of benzene rings is 2. The lowest BCUT2D eigenvalue weighted by molar-refractivity contribution is -0.202. The number of hydrogen-bond donors (Lipinski definition) is 0. The highest BCUT2D eigenvalue weighted by Crippen LogP contribution is 2.25. The molecule has 1 aliphatic heterocycles. The Labute approximate surface area is 187 Å². The SMILES string of the molecule is O=C(CCN1CCOC(c2ccc(OCc3ccccc3Cl)cc2)C1)OC(=O)C(F)(F)F. The van der Waals surface area contributed by atoms with Gasteiger partial charge in [0.15, 0.2) is 0 Å². The maximum Gasteiger partial charge on any atom is 0.491 e. The fraction of sp³-hybridized carbons (Fsp3) is 0.364. The molecular formula is C22H21ClF3NO5. The average molecular weight is 472 g/mol. The van der Waals surface area contributed by atoms with Gasteiger partial charge in [0.1, 0.15) is 12.4 Å². The molecule has 172 valence electrons. The van der Waals surface area contributed by atoms with E-state index in [9.17, 15) is 22.8 Å². The van der Waals surface area contributed by atoms with Crippen molar-refractivity contribution in [3.8, 4) is 5.75 Å². The number of halogens is 4. The molecule has 1 saturated heterocycles. The van der Waals surface area contributed by atoms with E-state index in [-0.39, 0.29) is 19.1 Å². The second-order valence-electron chi connectivity index (χ2n) is 7.12. The van der Waals surface area contributed by atoms with Crippen LogP contribution in [0.5, 0.6) is 5.75 Å². The van der Waals surface area contributed by atoms with Gasteiger partial charge in [-0.3, -0.25) is 9.69 Å². The predicted octanol–water partition coefficient (Wildman–Crippen LogP) is 4.31. The van der Waals surface area contributed by atoms with Crippen molar-refractivity contribution in [3.05, 3.63) is 64.7 Å². The van der Waals surface area contributed by atoms with Gasteiger partial charge in [-0.2, -0.15) is 13.2 Å². The molecule has 2 aromatic rings. The number of hydrogen-bond acceptors (Lipinski definition) is 6. The number of esters is 2.